The van der Waals surface area contributed by atoms with Crippen LogP contribution >= 0.6 is 0 Å². The second-order valence-corrected chi connectivity index (χ2v) is 4.41. The first-order valence-electron chi connectivity index (χ1n) is 6.20. The molecule has 0 unspecified atom stereocenters. The largest absolute Gasteiger partial charge is 0.494 e. The molecule has 0 saturated heterocycles. The molecule has 0 spiro atoms. The summed E-state index contributed by atoms with van der Waals surface area (Å²) in [5, 5.41) is 1.85. The Bertz CT molecular complexity index is 768. The number of nitrogens with two attached hydrogens (primary N) is 2. The summed E-state index contributed by atoms with van der Waals surface area (Å²) in [5.74, 6) is 0.796. The Morgan fingerprint density at radius 1 is 1.00 bits per heavy atom. The fraction of sp³-hybridized carbons (Fsp3) is 0.133. The summed E-state index contributed by atoms with van der Waals surface area (Å²) in [6.45, 7) is 2.58. The van der Waals surface area contributed by atoms with Gasteiger partial charge in [-0.15, -0.1) is 0 Å². The minimum atomic E-state index is 0.627. The molecular weight excluding hydrogens is 238 g/mol. The molecule has 4 N–H and O–H groups in total. The summed E-state index contributed by atoms with van der Waals surface area (Å²) in [4.78, 5) is 4.60. The zero-order valence-electron chi connectivity index (χ0n) is 10.7. The molecule has 0 aliphatic carbocycles. The molecule has 0 atom stereocenters. The summed E-state index contributed by atoms with van der Waals surface area (Å²) >= 11 is 0. The van der Waals surface area contributed by atoms with Gasteiger partial charge in [0.05, 0.1) is 23.3 Å². The number of aromatic nitrogens is 1. The van der Waals surface area contributed by atoms with Gasteiger partial charge in [0.25, 0.3) is 0 Å². The third kappa shape index (κ3) is 1.91. The summed E-state index contributed by atoms with van der Waals surface area (Å²) in [7, 11) is 0. The van der Waals surface area contributed by atoms with Gasteiger partial charge in [0.15, 0.2) is 0 Å². The molecule has 0 amide bonds. The smallest absolute Gasteiger partial charge is 0.121 e. The van der Waals surface area contributed by atoms with Gasteiger partial charge in [0.2, 0.25) is 0 Å². The van der Waals surface area contributed by atoms with Crippen LogP contribution in [0.2, 0.25) is 0 Å². The number of benzene rings is 2. The highest BCUT2D eigenvalue weighted by molar-refractivity contribution is 6.07. The van der Waals surface area contributed by atoms with Crippen LogP contribution in [0.15, 0.2) is 36.4 Å². The third-order valence-electron chi connectivity index (χ3n) is 3.12. The Morgan fingerprint density at radius 2 is 1.68 bits per heavy atom. The van der Waals surface area contributed by atoms with Crippen molar-refractivity contribution in [3.05, 3.63) is 36.4 Å². The quantitative estimate of drug-likeness (QED) is 0.544. The summed E-state index contributed by atoms with van der Waals surface area (Å²) < 4.78 is 5.48. The van der Waals surface area contributed by atoms with E-state index in [2.05, 4.69) is 4.98 Å². The Morgan fingerprint density at radius 3 is 2.42 bits per heavy atom. The zero-order chi connectivity index (χ0) is 13.4. The van der Waals surface area contributed by atoms with Crippen molar-refractivity contribution in [2.24, 2.45) is 0 Å². The highest BCUT2D eigenvalue weighted by Crippen LogP contribution is 2.31. The number of hydrogen-bond acceptors (Lipinski definition) is 4. The minimum absolute atomic E-state index is 0.627. The maximum Gasteiger partial charge on any atom is 0.121 e. The predicted molar refractivity (Wildman–Crippen MR) is 79.2 cm³/mol. The van der Waals surface area contributed by atoms with Crippen LogP contribution in [-0.2, 0) is 0 Å². The van der Waals surface area contributed by atoms with Crippen molar-refractivity contribution in [3.63, 3.8) is 0 Å². The lowest BCUT2D eigenvalue weighted by atomic mass is 10.1. The lowest BCUT2D eigenvalue weighted by Crippen LogP contribution is -1.96. The second-order valence-electron chi connectivity index (χ2n) is 4.41. The zero-order valence-corrected chi connectivity index (χ0v) is 10.7. The minimum Gasteiger partial charge on any atom is -0.494 e. The normalized spacial score (nSPS) is 11.0. The maximum absolute atomic E-state index is 6.21. The first-order valence-corrected chi connectivity index (χ1v) is 6.20. The van der Waals surface area contributed by atoms with E-state index in [9.17, 15) is 0 Å². The van der Waals surface area contributed by atoms with Crippen molar-refractivity contribution < 1.29 is 4.74 Å². The monoisotopic (exact) mass is 253 g/mol. The number of rotatable bonds is 2. The number of nitrogen functional groups attached to an aromatic ring is 2. The summed E-state index contributed by atoms with van der Waals surface area (Å²) in [6.07, 6.45) is 0. The molecule has 96 valence electrons. The van der Waals surface area contributed by atoms with E-state index >= 15 is 0 Å². The fourth-order valence-electron chi connectivity index (χ4n) is 2.23. The molecule has 1 aromatic heterocycles. The fourth-order valence-corrected chi connectivity index (χ4v) is 2.23. The van der Waals surface area contributed by atoms with Crippen molar-refractivity contribution in [1.29, 1.82) is 0 Å². The van der Waals surface area contributed by atoms with Crippen molar-refractivity contribution in [3.8, 4) is 5.75 Å². The summed E-state index contributed by atoms with van der Waals surface area (Å²) in [5.41, 5.74) is 15.0. The summed E-state index contributed by atoms with van der Waals surface area (Å²) in [6, 6.07) is 11.3. The number of ether oxygens (including phenoxy) is 1. The van der Waals surface area contributed by atoms with Crippen LogP contribution in [0.25, 0.3) is 21.8 Å². The van der Waals surface area contributed by atoms with E-state index in [1.165, 1.54) is 0 Å². The van der Waals surface area contributed by atoms with Gasteiger partial charge >= 0.3 is 0 Å². The van der Waals surface area contributed by atoms with E-state index < -0.39 is 0 Å². The van der Waals surface area contributed by atoms with Gasteiger partial charge in [-0.05, 0) is 37.3 Å². The molecule has 3 rings (SSSR count). The van der Waals surface area contributed by atoms with Crippen molar-refractivity contribution in [2.75, 3.05) is 18.1 Å². The maximum atomic E-state index is 6.21. The molecule has 0 aliphatic heterocycles. The molecule has 3 aromatic rings. The van der Waals surface area contributed by atoms with Crippen LogP contribution in [0.1, 0.15) is 6.92 Å². The number of fused-ring (bicyclic) bond motifs is 2. The van der Waals surface area contributed by atoms with Gasteiger partial charge in [-0.2, -0.15) is 0 Å². The SMILES string of the molecule is CCOc1ccc2c(N)c3ccc(N)cc3nc2c1. The topological polar surface area (TPSA) is 74.2 Å². The molecule has 0 bridgehead atoms. The van der Waals surface area contributed by atoms with E-state index in [4.69, 9.17) is 16.2 Å². The lowest BCUT2D eigenvalue weighted by molar-refractivity contribution is 0.340. The van der Waals surface area contributed by atoms with Gasteiger partial charge in [-0.3, -0.25) is 0 Å². The van der Waals surface area contributed by atoms with Crippen LogP contribution in [0.3, 0.4) is 0 Å². The van der Waals surface area contributed by atoms with Gasteiger partial charge in [-0.1, -0.05) is 0 Å². The van der Waals surface area contributed by atoms with Crippen LogP contribution < -0.4 is 16.2 Å². The van der Waals surface area contributed by atoms with Crippen molar-refractivity contribution in [2.45, 2.75) is 6.92 Å². The molecule has 1 heterocycles. The van der Waals surface area contributed by atoms with Crippen LogP contribution in [0.4, 0.5) is 11.4 Å². The Kier molecular flexibility index (Phi) is 2.63. The molecule has 4 heteroatoms. The first kappa shape index (κ1) is 11.6. The average Bonchev–Trinajstić information content (AvgIpc) is 2.38. The molecule has 0 fully saturated rings. The van der Waals surface area contributed by atoms with Gasteiger partial charge < -0.3 is 16.2 Å². The van der Waals surface area contributed by atoms with Crippen LogP contribution in [-0.4, -0.2) is 11.6 Å². The molecule has 0 radical (unpaired) electrons. The van der Waals surface area contributed by atoms with Crippen LogP contribution in [0.5, 0.6) is 5.75 Å². The highest BCUT2D eigenvalue weighted by atomic mass is 16.5. The number of anilines is 2. The molecule has 19 heavy (non-hydrogen) atoms. The first-order chi connectivity index (χ1) is 9.19. The Hall–Kier alpha value is -2.49. The van der Waals surface area contributed by atoms with Gasteiger partial charge in [0.1, 0.15) is 5.75 Å². The second kappa shape index (κ2) is 4.31. The van der Waals surface area contributed by atoms with Crippen molar-refractivity contribution in [1.82, 2.24) is 4.98 Å². The molecule has 4 nitrogen and oxygen atoms in total. The van der Waals surface area contributed by atoms with E-state index in [0.29, 0.717) is 12.3 Å². The number of pyridine rings is 1. The van der Waals surface area contributed by atoms with E-state index in [-0.39, 0.29) is 0 Å². The van der Waals surface area contributed by atoms with E-state index in [1.54, 1.807) is 0 Å². The lowest BCUT2D eigenvalue weighted by Gasteiger charge is -2.09. The van der Waals surface area contributed by atoms with Crippen molar-refractivity contribution >= 4 is 33.2 Å². The highest BCUT2D eigenvalue weighted by Gasteiger charge is 2.07. The Balaban J connectivity index is 2.33. The third-order valence-corrected chi connectivity index (χ3v) is 3.12. The average molecular weight is 253 g/mol. The van der Waals surface area contributed by atoms with E-state index in [1.807, 2.05) is 43.3 Å². The number of hydrogen-bond donors (Lipinski definition) is 2. The van der Waals surface area contributed by atoms with Crippen LogP contribution in [0, 0.1) is 0 Å². The predicted octanol–water partition coefficient (Wildman–Crippen LogP) is 2.95. The van der Waals surface area contributed by atoms with E-state index in [0.717, 1.165) is 33.2 Å². The van der Waals surface area contributed by atoms with Gasteiger partial charge in [0, 0.05) is 22.5 Å². The molecule has 2 aromatic carbocycles. The molecular formula is C15H15N3O. The standard InChI is InChI=1S/C15H15N3O/c1-2-19-10-4-6-12-14(8-10)18-13-7-9(16)3-5-11(13)15(12)17/h3-8H,2,16H2,1H3,(H2,17,18). The Labute approximate surface area is 111 Å². The molecule has 0 aliphatic rings. The molecule has 0 saturated carbocycles. The van der Waals surface area contributed by atoms with Gasteiger partial charge in [-0.25, -0.2) is 4.98 Å². The number of nitrogens with zero attached hydrogens (tertiary/aromatic N) is 1.